The molecule has 1 aromatic heterocycles. The number of fused-ring (bicyclic) bond motifs is 1. The van der Waals surface area contributed by atoms with Gasteiger partial charge < -0.3 is 7.43 Å². The van der Waals surface area contributed by atoms with Gasteiger partial charge in [0.15, 0.2) is 4.70 Å². The molecule has 0 nitrogen and oxygen atoms in total. The molecule has 0 bridgehead atoms. The summed E-state index contributed by atoms with van der Waals surface area (Å²) in [7, 11) is 0.372. The van der Waals surface area contributed by atoms with Crippen molar-refractivity contribution >= 4 is 20.6 Å². The van der Waals surface area contributed by atoms with E-state index in [1.54, 1.807) is 0 Å². The van der Waals surface area contributed by atoms with Crippen LogP contribution in [0, 0.1) is 7.43 Å². The first-order valence-electron chi connectivity index (χ1n) is 6.30. The minimum atomic E-state index is 0. The van der Waals surface area contributed by atoms with Crippen molar-refractivity contribution in [1.82, 2.24) is 0 Å². The SMILES string of the molecule is C.C.CC.CC.CC.C[s+]1ccc2ccccc21.[CH3-]. The first-order chi connectivity index (χ1) is 7.88. The number of hydrogen-bond acceptors (Lipinski definition) is 0. The summed E-state index contributed by atoms with van der Waals surface area (Å²) in [5.74, 6) is 0. The van der Waals surface area contributed by atoms with E-state index in [0.717, 1.165) is 0 Å². The fourth-order valence-electron chi connectivity index (χ4n) is 1.16. The van der Waals surface area contributed by atoms with Crippen LogP contribution in [0.25, 0.3) is 10.1 Å². The average Bonchev–Trinajstić information content (AvgIpc) is 2.79. The van der Waals surface area contributed by atoms with Crippen molar-refractivity contribution in [2.75, 3.05) is 0 Å². The zero-order valence-electron chi connectivity index (χ0n) is 12.9. The van der Waals surface area contributed by atoms with Gasteiger partial charge in [-0.2, -0.15) is 0 Å². The summed E-state index contributed by atoms with van der Waals surface area (Å²) < 4.78 is 1.49. The first-order valence-corrected chi connectivity index (χ1v) is 7.99. The molecule has 19 heavy (non-hydrogen) atoms. The van der Waals surface area contributed by atoms with Crippen LogP contribution >= 0.6 is 10.5 Å². The van der Waals surface area contributed by atoms with Crippen molar-refractivity contribution in [3.05, 3.63) is 43.1 Å². The van der Waals surface area contributed by atoms with Gasteiger partial charge in [-0.15, -0.1) is 0 Å². The lowest BCUT2D eigenvalue weighted by Crippen LogP contribution is -1.58. The maximum Gasteiger partial charge on any atom is 0.180 e. The zero-order valence-corrected chi connectivity index (χ0v) is 13.7. The molecule has 0 saturated carbocycles. The van der Waals surface area contributed by atoms with Crippen LogP contribution < -0.4 is 0 Å². The molecule has 1 atom stereocenters. The molecule has 0 saturated heterocycles. The number of rotatable bonds is 0. The highest BCUT2D eigenvalue weighted by molar-refractivity contribution is 7.34. The van der Waals surface area contributed by atoms with Gasteiger partial charge in [0.05, 0.1) is 0 Å². The second kappa shape index (κ2) is 22.4. The Kier molecular flexibility index (Phi) is 36.4. The Balaban J connectivity index is -0.0000000653. The molecular formula is C18H38S. The van der Waals surface area contributed by atoms with Crippen LogP contribution in [0.5, 0.6) is 0 Å². The van der Waals surface area contributed by atoms with Crippen LogP contribution in [-0.4, -0.2) is 0 Å². The normalized spacial score (nSPS) is 7.42. The van der Waals surface area contributed by atoms with Crippen molar-refractivity contribution < 1.29 is 0 Å². The van der Waals surface area contributed by atoms with Crippen LogP contribution in [0.15, 0.2) is 35.7 Å². The van der Waals surface area contributed by atoms with Crippen molar-refractivity contribution in [2.45, 2.75) is 56.4 Å². The van der Waals surface area contributed by atoms with Crippen LogP contribution in [-0.2, 0) is 6.26 Å². The summed E-state index contributed by atoms with van der Waals surface area (Å²) in [5.41, 5.74) is 0. The fraction of sp³-hybridized carbons (Fsp3) is 0.500. The molecule has 0 aliphatic heterocycles. The van der Waals surface area contributed by atoms with E-state index in [-0.39, 0.29) is 22.3 Å². The number of thiophene rings is 1. The van der Waals surface area contributed by atoms with E-state index in [4.69, 9.17) is 0 Å². The molecule has 116 valence electrons. The monoisotopic (exact) mass is 286 g/mol. The van der Waals surface area contributed by atoms with E-state index in [2.05, 4.69) is 42.0 Å². The molecule has 0 aliphatic carbocycles. The van der Waals surface area contributed by atoms with Crippen molar-refractivity contribution in [1.29, 1.82) is 0 Å². The van der Waals surface area contributed by atoms with Crippen molar-refractivity contribution in [3.8, 4) is 0 Å². The summed E-state index contributed by atoms with van der Waals surface area (Å²) in [6.45, 7) is 12.0. The van der Waals surface area contributed by atoms with Crippen LogP contribution in [0.2, 0.25) is 0 Å². The lowest BCUT2D eigenvalue weighted by Gasteiger charge is -1.80. The fourth-order valence-corrected chi connectivity index (χ4v) is 2.46. The maximum absolute atomic E-state index is 2.27. The Hall–Kier alpha value is -0.820. The highest BCUT2D eigenvalue weighted by Crippen LogP contribution is 2.27. The van der Waals surface area contributed by atoms with Gasteiger partial charge in [0.25, 0.3) is 0 Å². The van der Waals surface area contributed by atoms with E-state index in [1.807, 2.05) is 41.5 Å². The highest BCUT2D eigenvalue weighted by Gasteiger charge is 2.03. The molecule has 0 fully saturated rings. The van der Waals surface area contributed by atoms with Gasteiger partial charge in [-0.25, -0.2) is 0 Å². The minimum absolute atomic E-state index is 0. The lowest BCUT2D eigenvalue weighted by molar-refractivity contribution is 1.50. The van der Waals surface area contributed by atoms with E-state index >= 15 is 0 Å². The Morgan fingerprint density at radius 2 is 1.16 bits per heavy atom. The third-order valence-electron chi connectivity index (χ3n) is 1.72. The van der Waals surface area contributed by atoms with E-state index in [9.17, 15) is 0 Å². The molecule has 0 radical (unpaired) electrons. The molecule has 0 aliphatic rings. The molecule has 0 spiro atoms. The average molecular weight is 287 g/mol. The Morgan fingerprint density at radius 1 is 0.737 bits per heavy atom. The van der Waals surface area contributed by atoms with Gasteiger partial charge in [-0.3, -0.25) is 0 Å². The van der Waals surface area contributed by atoms with Crippen molar-refractivity contribution in [2.24, 2.45) is 6.26 Å². The molecule has 2 aromatic rings. The molecule has 1 heteroatoms. The van der Waals surface area contributed by atoms with Gasteiger partial charge >= 0.3 is 0 Å². The number of aryl methyl sites for hydroxylation is 1. The van der Waals surface area contributed by atoms with Crippen LogP contribution in [0.3, 0.4) is 0 Å². The van der Waals surface area contributed by atoms with Gasteiger partial charge in [0, 0.05) is 11.5 Å². The largest absolute Gasteiger partial charge is 0.358 e. The summed E-state index contributed by atoms with van der Waals surface area (Å²) in [6, 6.07) is 10.8. The van der Waals surface area contributed by atoms with Gasteiger partial charge in [0.1, 0.15) is 11.6 Å². The Bertz CT molecular complexity index is 347. The second-order valence-electron chi connectivity index (χ2n) is 2.40. The minimum Gasteiger partial charge on any atom is -0.358 e. The Labute approximate surface area is 126 Å². The summed E-state index contributed by atoms with van der Waals surface area (Å²) >= 11 is 0. The quantitative estimate of drug-likeness (QED) is 0.341. The molecule has 0 amide bonds. The summed E-state index contributed by atoms with van der Waals surface area (Å²) in [4.78, 5) is 0. The molecule has 0 N–H and O–H groups in total. The maximum atomic E-state index is 2.27. The Morgan fingerprint density at radius 3 is 1.58 bits per heavy atom. The van der Waals surface area contributed by atoms with E-state index in [1.165, 1.54) is 10.1 Å². The first kappa shape index (κ1) is 30.9. The molecule has 1 unspecified atom stereocenters. The van der Waals surface area contributed by atoms with Gasteiger partial charge in [0.2, 0.25) is 0 Å². The summed E-state index contributed by atoms with van der Waals surface area (Å²) in [6.07, 6.45) is 2.25. The lowest BCUT2D eigenvalue weighted by atomic mass is 10.3. The highest BCUT2D eigenvalue weighted by atomic mass is 32.2. The second-order valence-corrected chi connectivity index (χ2v) is 4.23. The van der Waals surface area contributed by atoms with E-state index in [0.29, 0.717) is 10.5 Å². The topological polar surface area (TPSA) is 0 Å². The number of benzene rings is 1. The standard InChI is InChI=1S/C9H9S.3C2H6.2CH4.CH3/c1-10-7-6-8-4-2-3-5-9(8)10;3*1-2;;;/h2-7H,1H3;3*1-2H3;2*1H4;1H3/q+1;;;;;;-1. The zero-order chi connectivity index (χ0) is 13.0. The molecule has 1 heterocycles. The molecular weight excluding hydrogens is 248 g/mol. The third kappa shape index (κ3) is 10.8. The van der Waals surface area contributed by atoms with Crippen LogP contribution in [0.1, 0.15) is 56.4 Å². The van der Waals surface area contributed by atoms with Crippen LogP contribution in [0.4, 0.5) is 0 Å². The van der Waals surface area contributed by atoms with Gasteiger partial charge in [-0.05, 0) is 22.6 Å². The predicted molar refractivity (Wildman–Crippen MR) is 101 cm³/mol. The van der Waals surface area contributed by atoms with Gasteiger partial charge in [-0.1, -0.05) is 68.5 Å². The van der Waals surface area contributed by atoms with E-state index < -0.39 is 0 Å². The molecule has 2 rings (SSSR count). The number of hydrogen-bond donors (Lipinski definition) is 0. The summed E-state index contributed by atoms with van der Waals surface area (Å²) in [5, 5.41) is 3.67. The third-order valence-corrected chi connectivity index (χ3v) is 3.33. The smallest absolute Gasteiger partial charge is 0.180 e. The predicted octanol–water partition coefficient (Wildman–Crippen LogP) is 7.93. The van der Waals surface area contributed by atoms with Crippen molar-refractivity contribution in [3.63, 3.8) is 0 Å². The molecule has 1 aromatic carbocycles.